The van der Waals surface area contributed by atoms with Gasteiger partial charge >= 0.3 is 12.1 Å². The standard InChI is InChI=1S/C27H32N2O6/c1-2-34-18(14-25(30)31)15-28-26(32)24(13-17-11-12-17)29-27(33)35-16-23-21-9-5-3-7-19(21)20-8-4-6-10-22(20)23/h3-10,17-18,23-24H,2,11-16H2,1H3,(H,28,32)(H,29,33)(H,30,31)/t18?,24-/m0/s1. The lowest BCUT2D eigenvalue weighted by Gasteiger charge is -2.21. The SMILES string of the molecule is CCOC(CNC(=O)[C@H](CC1CC1)NC(=O)OCC1c2ccccc2-c2ccccc21)CC(=O)O. The topological polar surface area (TPSA) is 114 Å². The number of aliphatic carboxylic acids is 1. The van der Waals surface area contributed by atoms with Crippen LogP contribution in [0.4, 0.5) is 4.79 Å². The van der Waals surface area contributed by atoms with Crippen molar-refractivity contribution in [3.63, 3.8) is 0 Å². The lowest BCUT2D eigenvalue weighted by molar-refractivity contribution is -0.140. The molecule has 2 aliphatic carbocycles. The third-order valence-corrected chi connectivity index (χ3v) is 6.53. The van der Waals surface area contributed by atoms with Crippen molar-refractivity contribution in [1.29, 1.82) is 0 Å². The molecule has 0 radical (unpaired) electrons. The lowest BCUT2D eigenvalue weighted by Crippen LogP contribution is -2.49. The minimum Gasteiger partial charge on any atom is -0.481 e. The second-order valence-corrected chi connectivity index (χ2v) is 9.12. The highest BCUT2D eigenvalue weighted by atomic mass is 16.5. The Morgan fingerprint density at radius 1 is 1.03 bits per heavy atom. The van der Waals surface area contributed by atoms with Crippen molar-refractivity contribution >= 4 is 18.0 Å². The van der Waals surface area contributed by atoms with E-state index in [0.717, 1.165) is 35.1 Å². The Kier molecular flexibility index (Phi) is 8.02. The number of ether oxygens (including phenoxy) is 2. The van der Waals surface area contributed by atoms with Crippen LogP contribution in [0.3, 0.4) is 0 Å². The van der Waals surface area contributed by atoms with Crippen molar-refractivity contribution in [3.8, 4) is 11.1 Å². The van der Waals surface area contributed by atoms with Gasteiger partial charge in [-0.25, -0.2) is 4.79 Å². The second-order valence-electron chi connectivity index (χ2n) is 9.12. The van der Waals surface area contributed by atoms with Crippen LogP contribution in [0.15, 0.2) is 48.5 Å². The smallest absolute Gasteiger partial charge is 0.407 e. The van der Waals surface area contributed by atoms with Crippen LogP contribution in [0.25, 0.3) is 11.1 Å². The van der Waals surface area contributed by atoms with Crippen molar-refractivity contribution in [3.05, 3.63) is 59.7 Å². The predicted octanol–water partition coefficient (Wildman–Crippen LogP) is 3.69. The molecule has 1 saturated carbocycles. The molecule has 0 saturated heterocycles. The number of carboxylic acid groups (broad SMARTS) is 1. The number of hydrogen-bond donors (Lipinski definition) is 3. The molecule has 2 aromatic rings. The fourth-order valence-corrected chi connectivity index (χ4v) is 4.66. The third kappa shape index (κ3) is 6.39. The number of carboxylic acids is 1. The van der Waals surface area contributed by atoms with Gasteiger partial charge in [0.25, 0.3) is 0 Å². The maximum atomic E-state index is 12.8. The molecule has 1 unspecified atom stereocenters. The third-order valence-electron chi connectivity index (χ3n) is 6.53. The van der Waals surface area contributed by atoms with Gasteiger partial charge in [0.1, 0.15) is 12.6 Å². The van der Waals surface area contributed by atoms with Crippen LogP contribution in [0.1, 0.15) is 49.7 Å². The molecule has 2 aliphatic rings. The van der Waals surface area contributed by atoms with E-state index in [9.17, 15) is 14.4 Å². The summed E-state index contributed by atoms with van der Waals surface area (Å²) in [6, 6.07) is 15.5. The van der Waals surface area contributed by atoms with Crippen LogP contribution in [0, 0.1) is 5.92 Å². The number of hydrogen-bond acceptors (Lipinski definition) is 5. The van der Waals surface area contributed by atoms with Crippen molar-refractivity contribution in [2.24, 2.45) is 5.92 Å². The van der Waals surface area contributed by atoms with Gasteiger partial charge in [-0.1, -0.05) is 61.4 Å². The van der Waals surface area contributed by atoms with Gasteiger partial charge in [0, 0.05) is 19.1 Å². The number of benzene rings is 2. The molecular formula is C27H32N2O6. The van der Waals surface area contributed by atoms with E-state index in [2.05, 4.69) is 34.9 Å². The molecule has 2 aromatic carbocycles. The molecule has 0 spiro atoms. The monoisotopic (exact) mass is 480 g/mol. The quantitative estimate of drug-likeness (QED) is 0.427. The number of fused-ring (bicyclic) bond motifs is 3. The van der Waals surface area contributed by atoms with E-state index in [4.69, 9.17) is 14.6 Å². The first kappa shape index (κ1) is 24.7. The van der Waals surface area contributed by atoms with Crippen molar-refractivity contribution < 1.29 is 29.0 Å². The first-order valence-electron chi connectivity index (χ1n) is 12.2. The molecule has 1 fully saturated rings. The Labute approximate surface area is 205 Å². The number of nitrogens with one attached hydrogen (secondary N) is 2. The van der Waals surface area contributed by atoms with Crippen LogP contribution < -0.4 is 10.6 Å². The molecule has 4 rings (SSSR count). The van der Waals surface area contributed by atoms with E-state index in [1.165, 1.54) is 0 Å². The summed E-state index contributed by atoms with van der Waals surface area (Å²) in [4.78, 5) is 36.6. The van der Waals surface area contributed by atoms with Crippen molar-refractivity contribution in [2.75, 3.05) is 19.8 Å². The number of alkyl carbamates (subject to hydrolysis) is 1. The molecular weight excluding hydrogens is 448 g/mol. The van der Waals surface area contributed by atoms with Crippen molar-refractivity contribution in [1.82, 2.24) is 10.6 Å². The van der Waals surface area contributed by atoms with Crippen LogP contribution >= 0.6 is 0 Å². The summed E-state index contributed by atoms with van der Waals surface area (Å²) in [7, 11) is 0. The van der Waals surface area contributed by atoms with Gasteiger partial charge in [-0.2, -0.15) is 0 Å². The average molecular weight is 481 g/mol. The molecule has 2 amide bonds. The molecule has 8 nitrogen and oxygen atoms in total. The highest BCUT2D eigenvalue weighted by molar-refractivity contribution is 5.86. The zero-order chi connectivity index (χ0) is 24.8. The highest BCUT2D eigenvalue weighted by Gasteiger charge is 2.32. The van der Waals surface area contributed by atoms with Crippen molar-refractivity contribution in [2.45, 2.75) is 50.7 Å². The molecule has 186 valence electrons. The minimum atomic E-state index is -0.996. The fraction of sp³-hybridized carbons (Fsp3) is 0.444. The van der Waals surface area contributed by atoms with E-state index in [-0.39, 0.29) is 31.4 Å². The van der Waals surface area contributed by atoms with E-state index in [1.807, 2.05) is 24.3 Å². The summed E-state index contributed by atoms with van der Waals surface area (Å²) in [6.07, 6.45) is 1.10. The molecule has 8 heteroatoms. The van der Waals surface area contributed by atoms with Crippen LogP contribution in [-0.4, -0.2) is 55.0 Å². The highest BCUT2D eigenvalue weighted by Crippen LogP contribution is 2.44. The second kappa shape index (κ2) is 11.4. The van der Waals surface area contributed by atoms with Crippen LogP contribution in [0.2, 0.25) is 0 Å². The van der Waals surface area contributed by atoms with Crippen LogP contribution in [0.5, 0.6) is 0 Å². The van der Waals surface area contributed by atoms with E-state index < -0.39 is 24.2 Å². The van der Waals surface area contributed by atoms with Gasteiger partial charge in [-0.3, -0.25) is 9.59 Å². The Bertz CT molecular complexity index is 1020. The first-order valence-corrected chi connectivity index (χ1v) is 12.2. The van der Waals surface area contributed by atoms with Gasteiger partial charge in [0.2, 0.25) is 5.91 Å². The van der Waals surface area contributed by atoms with Crippen LogP contribution in [-0.2, 0) is 19.1 Å². The fourth-order valence-electron chi connectivity index (χ4n) is 4.66. The summed E-state index contributed by atoms with van der Waals surface area (Å²) in [5.41, 5.74) is 4.53. The average Bonchev–Trinajstić information content (AvgIpc) is 3.61. The Balaban J connectivity index is 1.35. The first-order chi connectivity index (χ1) is 17.0. The van der Waals surface area contributed by atoms with Gasteiger partial charge < -0.3 is 25.2 Å². The molecule has 35 heavy (non-hydrogen) atoms. The number of carbonyl (C=O) groups is 3. The Morgan fingerprint density at radius 3 is 2.23 bits per heavy atom. The van der Waals surface area contributed by atoms with Gasteiger partial charge in [-0.05, 0) is 41.5 Å². The zero-order valence-corrected chi connectivity index (χ0v) is 19.9. The summed E-state index contributed by atoms with van der Waals surface area (Å²) < 4.78 is 11.0. The number of carbonyl (C=O) groups excluding carboxylic acids is 2. The van der Waals surface area contributed by atoms with Gasteiger partial charge in [-0.15, -0.1) is 0 Å². The van der Waals surface area contributed by atoms with E-state index >= 15 is 0 Å². The Hall–Kier alpha value is -3.39. The number of amides is 2. The van der Waals surface area contributed by atoms with Gasteiger partial charge in [0.05, 0.1) is 12.5 Å². The number of rotatable bonds is 12. The lowest BCUT2D eigenvalue weighted by atomic mass is 9.98. The molecule has 2 atom stereocenters. The predicted molar refractivity (Wildman–Crippen MR) is 130 cm³/mol. The minimum absolute atomic E-state index is 0.0620. The maximum absolute atomic E-state index is 12.8. The molecule has 0 bridgehead atoms. The molecule has 0 aliphatic heterocycles. The zero-order valence-electron chi connectivity index (χ0n) is 19.9. The normalized spacial score (nSPS) is 16.0. The molecule has 0 heterocycles. The summed E-state index contributed by atoms with van der Waals surface area (Å²) in [5, 5.41) is 14.5. The van der Waals surface area contributed by atoms with E-state index in [1.54, 1.807) is 6.92 Å². The Morgan fingerprint density at radius 2 is 1.66 bits per heavy atom. The van der Waals surface area contributed by atoms with E-state index in [0.29, 0.717) is 18.9 Å². The summed E-state index contributed by atoms with van der Waals surface area (Å²) in [6.45, 7) is 2.34. The molecule has 3 N–H and O–H groups in total. The molecule has 0 aromatic heterocycles. The maximum Gasteiger partial charge on any atom is 0.407 e. The summed E-state index contributed by atoms with van der Waals surface area (Å²) in [5.74, 6) is -1.03. The largest absolute Gasteiger partial charge is 0.481 e. The van der Waals surface area contributed by atoms with Gasteiger partial charge in [0.15, 0.2) is 0 Å². The summed E-state index contributed by atoms with van der Waals surface area (Å²) >= 11 is 0.